The first-order valence-electron chi connectivity index (χ1n) is 7.05. The number of hydrogen-bond acceptors (Lipinski definition) is 1. The minimum absolute atomic E-state index is 0.119. The zero-order chi connectivity index (χ0) is 13.9. The minimum Gasteiger partial charge on any atom is -0.354 e. The minimum atomic E-state index is -4.06. The summed E-state index contributed by atoms with van der Waals surface area (Å²) in [6.07, 6.45) is 1.23. The van der Waals surface area contributed by atoms with Gasteiger partial charge in [-0.05, 0) is 38.5 Å². The number of guanidine groups is 1. The average Bonchev–Trinajstić information content (AvgIpc) is 2.31. The summed E-state index contributed by atoms with van der Waals surface area (Å²) in [6, 6.07) is 0.319. The van der Waals surface area contributed by atoms with Crippen molar-refractivity contribution in [2.45, 2.75) is 63.2 Å². The summed E-state index contributed by atoms with van der Waals surface area (Å²) >= 11 is 0. The Hall–Kier alpha value is -0.940. The lowest BCUT2D eigenvalue weighted by atomic mass is 9.85. The Labute approximate surface area is 112 Å². The summed E-state index contributed by atoms with van der Waals surface area (Å²) in [5, 5.41) is 6.41. The molecule has 0 aromatic carbocycles. The monoisotopic (exact) mass is 277 g/mol. The molecule has 2 saturated carbocycles. The van der Waals surface area contributed by atoms with Crippen LogP contribution in [0.25, 0.3) is 0 Å². The molecule has 2 unspecified atom stereocenters. The van der Waals surface area contributed by atoms with E-state index in [1.54, 1.807) is 7.05 Å². The van der Waals surface area contributed by atoms with Crippen molar-refractivity contribution in [2.75, 3.05) is 7.05 Å². The molecule has 3 nitrogen and oxygen atoms in total. The van der Waals surface area contributed by atoms with Gasteiger partial charge >= 0.3 is 6.18 Å². The number of hydrogen-bond donors (Lipinski definition) is 2. The Bertz CT molecular complexity index is 324. The van der Waals surface area contributed by atoms with Crippen LogP contribution < -0.4 is 10.6 Å². The maximum absolute atomic E-state index is 12.7. The van der Waals surface area contributed by atoms with Gasteiger partial charge < -0.3 is 10.6 Å². The first-order chi connectivity index (χ1) is 8.99. The molecule has 0 saturated heterocycles. The lowest BCUT2D eigenvalue weighted by Gasteiger charge is -2.34. The highest BCUT2D eigenvalue weighted by molar-refractivity contribution is 5.80. The Kier molecular flexibility index (Phi) is 4.58. The molecule has 0 heterocycles. The van der Waals surface area contributed by atoms with Crippen LogP contribution in [-0.2, 0) is 0 Å². The quantitative estimate of drug-likeness (QED) is 0.601. The largest absolute Gasteiger partial charge is 0.391 e. The van der Waals surface area contributed by atoms with Crippen LogP contribution in [0, 0.1) is 5.92 Å². The predicted molar refractivity (Wildman–Crippen MR) is 69.1 cm³/mol. The number of halogens is 3. The van der Waals surface area contributed by atoms with Crippen LogP contribution in [-0.4, -0.2) is 31.3 Å². The average molecular weight is 277 g/mol. The fraction of sp³-hybridized carbons (Fsp3) is 0.923. The van der Waals surface area contributed by atoms with E-state index in [1.165, 1.54) is 6.42 Å². The topological polar surface area (TPSA) is 36.4 Å². The van der Waals surface area contributed by atoms with E-state index in [0.29, 0.717) is 18.4 Å². The van der Waals surface area contributed by atoms with Crippen LogP contribution in [0.5, 0.6) is 0 Å². The summed E-state index contributed by atoms with van der Waals surface area (Å²) in [5.74, 6) is -0.516. The van der Waals surface area contributed by atoms with Crippen LogP contribution in [0.1, 0.15) is 44.9 Å². The van der Waals surface area contributed by atoms with Crippen molar-refractivity contribution in [2.24, 2.45) is 10.9 Å². The molecule has 2 rings (SSSR count). The highest BCUT2D eigenvalue weighted by Gasteiger charge is 2.42. The molecule has 2 fully saturated rings. The molecule has 2 aliphatic carbocycles. The fourth-order valence-electron chi connectivity index (χ4n) is 2.73. The van der Waals surface area contributed by atoms with Gasteiger partial charge in [0.1, 0.15) is 0 Å². The van der Waals surface area contributed by atoms with Gasteiger partial charge in [0.25, 0.3) is 0 Å². The van der Waals surface area contributed by atoms with Crippen LogP contribution in [0.4, 0.5) is 13.2 Å². The number of alkyl halides is 3. The standard InChI is InChI=1S/C13H22F3N3/c1-17-12(18-10-5-3-6-10)19-11-7-2-4-9(8-11)13(14,15)16/h9-11H,2-8H2,1H3,(H2,17,18,19). The summed E-state index contributed by atoms with van der Waals surface area (Å²) in [6.45, 7) is 0. The molecular weight excluding hydrogens is 255 g/mol. The lowest BCUT2D eigenvalue weighted by molar-refractivity contribution is -0.183. The highest BCUT2D eigenvalue weighted by Crippen LogP contribution is 2.37. The van der Waals surface area contributed by atoms with Gasteiger partial charge in [0.2, 0.25) is 0 Å². The van der Waals surface area contributed by atoms with Gasteiger partial charge in [0.15, 0.2) is 5.96 Å². The second-order valence-corrected chi connectivity index (χ2v) is 5.59. The molecule has 0 aliphatic heterocycles. The van der Waals surface area contributed by atoms with E-state index < -0.39 is 12.1 Å². The Morgan fingerprint density at radius 1 is 1.00 bits per heavy atom. The number of aliphatic imine (C=N–C) groups is 1. The van der Waals surface area contributed by atoms with Crippen molar-refractivity contribution >= 4 is 5.96 Å². The second-order valence-electron chi connectivity index (χ2n) is 5.59. The zero-order valence-electron chi connectivity index (χ0n) is 11.3. The van der Waals surface area contributed by atoms with E-state index >= 15 is 0 Å². The molecule has 6 heteroatoms. The van der Waals surface area contributed by atoms with Crippen molar-refractivity contribution in [1.82, 2.24) is 10.6 Å². The van der Waals surface area contributed by atoms with Gasteiger partial charge in [-0.1, -0.05) is 6.42 Å². The van der Waals surface area contributed by atoms with E-state index in [-0.39, 0.29) is 18.9 Å². The molecule has 0 amide bonds. The van der Waals surface area contributed by atoms with Crippen LogP contribution in [0.3, 0.4) is 0 Å². The Morgan fingerprint density at radius 3 is 2.11 bits per heavy atom. The van der Waals surface area contributed by atoms with Crippen molar-refractivity contribution in [3.05, 3.63) is 0 Å². The van der Waals surface area contributed by atoms with Crippen molar-refractivity contribution in [1.29, 1.82) is 0 Å². The van der Waals surface area contributed by atoms with E-state index in [4.69, 9.17) is 0 Å². The van der Waals surface area contributed by atoms with Crippen molar-refractivity contribution in [3.8, 4) is 0 Å². The van der Waals surface area contributed by atoms with E-state index in [2.05, 4.69) is 15.6 Å². The number of rotatable bonds is 2. The first kappa shape index (κ1) is 14.5. The summed E-state index contributed by atoms with van der Waals surface area (Å²) in [7, 11) is 1.66. The van der Waals surface area contributed by atoms with Crippen LogP contribution in [0.2, 0.25) is 0 Å². The third kappa shape index (κ3) is 4.01. The molecule has 110 valence electrons. The zero-order valence-corrected chi connectivity index (χ0v) is 11.3. The number of nitrogens with one attached hydrogen (secondary N) is 2. The molecular formula is C13H22F3N3. The fourth-order valence-corrected chi connectivity index (χ4v) is 2.73. The van der Waals surface area contributed by atoms with Gasteiger partial charge in [-0.25, -0.2) is 0 Å². The third-order valence-corrected chi connectivity index (χ3v) is 4.15. The molecule has 2 aliphatic rings. The summed E-state index contributed by atoms with van der Waals surface area (Å²) in [5.41, 5.74) is 0. The number of nitrogens with zero attached hydrogens (tertiary/aromatic N) is 1. The van der Waals surface area contributed by atoms with E-state index in [1.807, 2.05) is 0 Å². The predicted octanol–water partition coefficient (Wildman–Crippen LogP) is 2.83. The lowest BCUT2D eigenvalue weighted by Crippen LogP contribution is -2.51. The SMILES string of the molecule is CN=C(NC1CCC1)NC1CCCC(C(F)(F)F)C1. The van der Waals surface area contributed by atoms with Gasteiger partial charge in [0.05, 0.1) is 5.92 Å². The normalized spacial score (nSPS) is 29.8. The molecule has 19 heavy (non-hydrogen) atoms. The first-order valence-corrected chi connectivity index (χ1v) is 7.05. The van der Waals surface area contributed by atoms with Gasteiger partial charge in [-0.3, -0.25) is 4.99 Å². The van der Waals surface area contributed by atoms with E-state index in [9.17, 15) is 13.2 Å². The van der Waals surface area contributed by atoms with Crippen molar-refractivity contribution < 1.29 is 13.2 Å². The second kappa shape index (κ2) is 6.01. The molecule has 0 spiro atoms. The maximum Gasteiger partial charge on any atom is 0.391 e. The molecule has 0 bridgehead atoms. The summed E-state index contributed by atoms with van der Waals surface area (Å²) in [4.78, 5) is 4.10. The van der Waals surface area contributed by atoms with Gasteiger partial charge in [-0.2, -0.15) is 13.2 Å². The van der Waals surface area contributed by atoms with Gasteiger partial charge in [-0.15, -0.1) is 0 Å². The molecule has 0 radical (unpaired) electrons. The van der Waals surface area contributed by atoms with Crippen LogP contribution >= 0.6 is 0 Å². The molecule has 0 aromatic rings. The summed E-state index contributed by atoms with van der Waals surface area (Å²) < 4.78 is 38.2. The van der Waals surface area contributed by atoms with E-state index in [0.717, 1.165) is 19.3 Å². The smallest absolute Gasteiger partial charge is 0.354 e. The molecule has 0 aromatic heterocycles. The molecule has 2 N–H and O–H groups in total. The Morgan fingerprint density at radius 2 is 1.58 bits per heavy atom. The highest BCUT2D eigenvalue weighted by atomic mass is 19.4. The third-order valence-electron chi connectivity index (χ3n) is 4.15. The van der Waals surface area contributed by atoms with Gasteiger partial charge in [0, 0.05) is 19.1 Å². The molecule has 2 atom stereocenters. The Balaban J connectivity index is 1.83. The van der Waals surface area contributed by atoms with Crippen molar-refractivity contribution in [3.63, 3.8) is 0 Å². The maximum atomic E-state index is 12.7. The van der Waals surface area contributed by atoms with Crippen LogP contribution in [0.15, 0.2) is 4.99 Å².